The fourth-order valence-electron chi connectivity index (χ4n) is 2.20. The summed E-state index contributed by atoms with van der Waals surface area (Å²) in [6, 6.07) is 16.5. The van der Waals surface area contributed by atoms with E-state index in [1.54, 1.807) is 36.2 Å². The number of amides is 1. The molecule has 0 unspecified atom stereocenters. The lowest BCUT2D eigenvalue weighted by Gasteiger charge is -2.17. The van der Waals surface area contributed by atoms with Gasteiger partial charge in [-0.05, 0) is 23.3 Å². The number of rotatable bonds is 5. The summed E-state index contributed by atoms with van der Waals surface area (Å²) in [6.45, 7) is 0.533. The molecule has 1 amide bonds. The van der Waals surface area contributed by atoms with Crippen molar-refractivity contribution >= 4 is 15.7 Å². The van der Waals surface area contributed by atoms with Crippen LogP contribution in [-0.4, -0.2) is 32.5 Å². The van der Waals surface area contributed by atoms with Gasteiger partial charge in [-0.25, -0.2) is 8.42 Å². The first-order valence-corrected chi connectivity index (χ1v) is 8.97. The van der Waals surface area contributed by atoms with Crippen molar-refractivity contribution in [2.45, 2.75) is 12.3 Å². The van der Waals surface area contributed by atoms with Crippen molar-refractivity contribution in [3.05, 3.63) is 71.3 Å². The molecule has 0 aliphatic rings. The van der Waals surface area contributed by atoms with Crippen LogP contribution < -0.4 is 0 Å². The normalized spacial score (nSPS) is 11.2. The fourth-order valence-corrected chi connectivity index (χ4v) is 2.99. The molecule has 2 aromatic carbocycles. The van der Waals surface area contributed by atoms with Crippen LogP contribution in [0.15, 0.2) is 54.6 Å². The monoisotopic (exact) mass is 317 g/mol. The van der Waals surface area contributed by atoms with Crippen LogP contribution in [-0.2, 0) is 22.1 Å². The lowest BCUT2D eigenvalue weighted by molar-refractivity contribution is 0.0785. The molecule has 116 valence electrons. The highest BCUT2D eigenvalue weighted by Crippen LogP contribution is 2.11. The summed E-state index contributed by atoms with van der Waals surface area (Å²) in [5, 5.41) is 0. The summed E-state index contributed by atoms with van der Waals surface area (Å²) in [5.74, 6) is -0.101. The Morgan fingerprint density at radius 3 is 2.09 bits per heavy atom. The third-order valence-electron chi connectivity index (χ3n) is 3.24. The minimum Gasteiger partial charge on any atom is -0.337 e. The lowest BCUT2D eigenvalue weighted by atomic mass is 10.1. The molecule has 0 bridgehead atoms. The molecular formula is C17H19NO3S. The molecule has 2 aromatic rings. The minimum atomic E-state index is -3.06. The van der Waals surface area contributed by atoms with Crippen LogP contribution in [0.4, 0.5) is 0 Å². The Morgan fingerprint density at radius 2 is 1.55 bits per heavy atom. The summed E-state index contributed by atoms with van der Waals surface area (Å²) in [6.07, 6.45) is 1.19. The minimum absolute atomic E-state index is 0.0126. The van der Waals surface area contributed by atoms with Gasteiger partial charge in [0, 0.05) is 25.4 Å². The van der Waals surface area contributed by atoms with Gasteiger partial charge in [0.05, 0.1) is 5.75 Å². The second-order valence-corrected chi connectivity index (χ2v) is 7.55. The van der Waals surface area contributed by atoms with Gasteiger partial charge in [0.1, 0.15) is 0 Å². The first kappa shape index (κ1) is 16.2. The van der Waals surface area contributed by atoms with E-state index in [0.717, 1.165) is 5.56 Å². The second-order valence-electron chi connectivity index (χ2n) is 5.41. The highest BCUT2D eigenvalue weighted by molar-refractivity contribution is 7.89. The van der Waals surface area contributed by atoms with Crippen LogP contribution in [0.3, 0.4) is 0 Å². The Balaban J connectivity index is 2.06. The maximum absolute atomic E-state index is 12.4. The van der Waals surface area contributed by atoms with Gasteiger partial charge in [0.25, 0.3) is 5.91 Å². The number of nitrogens with zero attached hydrogens (tertiary/aromatic N) is 1. The van der Waals surface area contributed by atoms with E-state index >= 15 is 0 Å². The molecule has 2 rings (SSSR count). The molecule has 0 saturated heterocycles. The van der Waals surface area contributed by atoms with Crippen LogP contribution in [0.1, 0.15) is 21.5 Å². The zero-order chi connectivity index (χ0) is 16.2. The number of carbonyl (C=O) groups excluding carboxylic acids is 1. The highest BCUT2D eigenvalue weighted by atomic mass is 32.2. The van der Waals surface area contributed by atoms with E-state index in [1.807, 2.05) is 30.3 Å². The van der Waals surface area contributed by atoms with Crippen molar-refractivity contribution in [1.82, 2.24) is 4.90 Å². The number of sulfone groups is 1. The molecule has 0 aliphatic heterocycles. The van der Waals surface area contributed by atoms with E-state index in [0.29, 0.717) is 17.7 Å². The Hall–Kier alpha value is -2.14. The molecule has 0 aromatic heterocycles. The molecule has 22 heavy (non-hydrogen) atoms. The zero-order valence-electron chi connectivity index (χ0n) is 12.7. The lowest BCUT2D eigenvalue weighted by Crippen LogP contribution is -2.26. The Kier molecular flexibility index (Phi) is 4.98. The number of hydrogen-bond acceptors (Lipinski definition) is 3. The first-order valence-electron chi connectivity index (χ1n) is 6.91. The zero-order valence-corrected chi connectivity index (χ0v) is 13.5. The van der Waals surface area contributed by atoms with Crippen molar-refractivity contribution in [2.24, 2.45) is 0 Å². The molecule has 0 saturated carbocycles. The molecule has 0 fully saturated rings. The quantitative estimate of drug-likeness (QED) is 0.851. The Bertz CT molecular complexity index is 737. The first-order chi connectivity index (χ1) is 10.3. The van der Waals surface area contributed by atoms with Crippen molar-refractivity contribution in [1.29, 1.82) is 0 Å². The van der Waals surface area contributed by atoms with Gasteiger partial charge in [-0.1, -0.05) is 42.5 Å². The van der Waals surface area contributed by atoms with E-state index in [4.69, 9.17) is 0 Å². The SMILES string of the molecule is CN(Cc1ccccc1)C(=O)c1ccc(CS(C)(=O)=O)cc1. The van der Waals surface area contributed by atoms with Gasteiger partial charge in [-0.15, -0.1) is 0 Å². The molecular weight excluding hydrogens is 298 g/mol. The van der Waals surface area contributed by atoms with E-state index in [-0.39, 0.29) is 11.7 Å². The molecule has 4 nitrogen and oxygen atoms in total. The van der Waals surface area contributed by atoms with E-state index in [2.05, 4.69) is 0 Å². The summed E-state index contributed by atoms with van der Waals surface area (Å²) in [4.78, 5) is 14.0. The Labute approximate surface area is 131 Å². The van der Waals surface area contributed by atoms with Crippen molar-refractivity contribution in [3.8, 4) is 0 Å². The van der Waals surface area contributed by atoms with Crippen molar-refractivity contribution < 1.29 is 13.2 Å². The summed E-state index contributed by atoms with van der Waals surface area (Å²) in [5.41, 5.74) is 2.30. The molecule has 0 N–H and O–H groups in total. The average Bonchev–Trinajstić information content (AvgIpc) is 2.46. The summed E-state index contributed by atoms with van der Waals surface area (Å²) < 4.78 is 22.5. The van der Waals surface area contributed by atoms with E-state index < -0.39 is 9.84 Å². The van der Waals surface area contributed by atoms with Gasteiger partial charge in [-0.3, -0.25) is 4.79 Å². The smallest absolute Gasteiger partial charge is 0.253 e. The maximum atomic E-state index is 12.4. The predicted molar refractivity (Wildman–Crippen MR) is 87.2 cm³/mol. The average molecular weight is 317 g/mol. The van der Waals surface area contributed by atoms with E-state index in [1.165, 1.54) is 6.26 Å². The summed E-state index contributed by atoms with van der Waals surface area (Å²) >= 11 is 0. The maximum Gasteiger partial charge on any atom is 0.253 e. The molecule has 5 heteroatoms. The van der Waals surface area contributed by atoms with Crippen LogP contribution >= 0.6 is 0 Å². The van der Waals surface area contributed by atoms with Crippen LogP contribution in [0.5, 0.6) is 0 Å². The standard InChI is InChI=1S/C17H19NO3S/c1-18(12-14-6-4-3-5-7-14)17(19)16-10-8-15(9-11-16)13-22(2,20)21/h3-11H,12-13H2,1-2H3. The van der Waals surface area contributed by atoms with Gasteiger partial charge < -0.3 is 4.90 Å². The Morgan fingerprint density at radius 1 is 0.955 bits per heavy atom. The topological polar surface area (TPSA) is 54.5 Å². The van der Waals surface area contributed by atoms with Gasteiger partial charge >= 0.3 is 0 Å². The second kappa shape index (κ2) is 6.75. The van der Waals surface area contributed by atoms with Crippen LogP contribution in [0.2, 0.25) is 0 Å². The predicted octanol–water partition coefficient (Wildman–Crippen LogP) is 2.50. The highest BCUT2D eigenvalue weighted by Gasteiger charge is 2.12. The van der Waals surface area contributed by atoms with Gasteiger partial charge in [0.2, 0.25) is 0 Å². The van der Waals surface area contributed by atoms with Gasteiger partial charge in [0.15, 0.2) is 9.84 Å². The van der Waals surface area contributed by atoms with Crippen molar-refractivity contribution in [2.75, 3.05) is 13.3 Å². The summed E-state index contributed by atoms with van der Waals surface area (Å²) in [7, 11) is -1.31. The van der Waals surface area contributed by atoms with Crippen LogP contribution in [0, 0.1) is 0 Å². The third-order valence-corrected chi connectivity index (χ3v) is 4.10. The molecule has 0 spiro atoms. The molecule has 0 atom stereocenters. The fraction of sp³-hybridized carbons (Fsp3) is 0.235. The van der Waals surface area contributed by atoms with Crippen molar-refractivity contribution in [3.63, 3.8) is 0 Å². The third kappa shape index (κ3) is 4.70. The number of benzene rings is 2. The number of hydrogen-bond donors (Lipinski definition) is 0. The molecule has 0 heterocycles. The number of carbonyl (C=O) groups is 1. The largest absolute Gasteiger partial charge is 0.337 e. The van der Waals surface area contributed by atoms with Gasteiger partial charge in [-0.2, -0.15) is 0 Å². The van der Waals surface area contributed by atoms with E-state index in [9.17, 15) is 13.2 Å². The molecule has 0 radical (unpaired) electrons. The molecule has 0 aliphatic carbocycles. The van der Waals surface area contributed by atoms with Crippen LogP contribution in [0.25, 0.3) is 0 Å².